The van der Waals surface area contributed by atoms with Gasteiger partial charge in [-0.3, -0.25) is 0 Å². The van der Waals surface area contributed by atoms with Gasteiger partial charge in [-0.15, -0.1) is 0 Å². The molecule has 5 aromatic rings. The number of hydrogen-bond acceptors (Lipinski definition) is 4. The van der Waals surface area contributed by atoms with Gasteiger partial charge >= 0.3 is 12.4 Å². The van der Waals surface area contributed by atoms with Crippen molar-refractivity contribution >= 4 is 5.71 Å². The normalized spacial score (nSPS) is 15.3. The fourth-order valence-corrected chi connectivity index (χ4v) is 6.44. The van der Waals surface area contributed by atoms with Crippen molar-refractivity contribution in [1.29, 1.82) is 10.5 Å². The Morgan fingerprint density at radius 1 is 0.542 bits per heavy atom. The minimum atomic E-state index is -4.91. The molecule has 2 aliphatic rings. The summed E-state index contributed by atoms with van der Waals surface area (Å²) in [5, 5.41) is 21.9. The lowest BCUT2D eigenvalue weighted by Crippen LogP contribution is -2.14. The summed E-state index contributed by atoms with van der Waals surface area (Å²) in [4.78, 5) is 4.03. The molecule has 0 amide bonds. The van der Waals surface area contributed by atoms with E-state index in [0.29, 0.717) is 61.7 Å². The highest BCUT2D eigenvalue weighted by Crippen LogP contribution is 2.50. The molecular formula is C36H16F8N4. The maximum Gasteiger partial charge on any atom is 0.419 e. The second kappa shape index (κ2) is 10.8. The number of hydrogen-bond donors (Lipinski definition) is 1. The summed E-state index contributed by atoms with van der Waals surface area (Å²) in [7, 11) is 0. The second-order valence-corrected chi connectivity index (χ2v) is 11.2. The molecule has 0 aromatic heterocycles. The van der Waals surface area contributed by atoms with E-state index in [-0.39, 0.29) is 16.8 Å². The largest absolute Gasteiger partial charge is 0.419 e. The lowest BCUT2D eigenvalue weighted by atomic mass is 9.96. The number of aliphatic imine (C=N–C) groups is 1. The maximum absolute atomic E-state index is 14.0. The standard InChI is InChI=1S/C36H16F8N4/c37-31-7-3-19(11-29(31)35(39,40)41)17-1-5-21-23-13-28-24(14-27(23)33(47-15-45)25(21)9-17)22-6-2-18(10-26(22)34(28)48-16-46)20-4-8-32(38)30(12-20)36(42,43)44/h1-14,33,47H. The first-order chi connectivity index (χ1) is 22.8. The summed E-state index contributed by atoms with van der Waals surface area (Å²) in [6.45, 7) is 0. The van der Waals surface area contributed by atoms with Crippen molar-refractivity contribution in [2.75, 3.05) is 0 Å². The molecule has 0 saturated heterocycles. The van der Waals surface area contributed by atoms with Gasteiger partial charge in [-0.2, -0.15) is 41.9 Å². The fraction of sp³-hybridized carbons (Fsp3) is 0.0833. The van der Waals surface area contributed by atoms with E-state index in [9.17, 15) is 45.6 Å². The van der Waals surface area contributed by atoms with Crippen molar-refractivity contribution in [2.45, 2.75) is 18.4 Å². The van der Waals surface area contributed by atoms with E-state index in [1.807, 2.05) is 6.19 Å². The molecule has 0 fully saturated rings. The Kier molecular flexibility index (Phi) is 6.88. The zero-order valence-electron chi connectivity index (χ0n) is 24.0. The average molecular weight is 657 g/mol. The number of alkyl halides is 6. The topological polar surface area (TPSA) is 72.0 Å². The molecule has 0 heterocycles. The van der Waals surface area contributed by atoms with Gasteiger partial charge in [-0.05, 0) is 104 Å². The predicted molar refractivity (Wildman–Crippen MR) is 160 cm³/mol. The third-order valence-corrected chi connectivity index (χ3v) is 8.55. The Morgan fingerprint density at radius 2 is 1.04 bits per heavy atom. The van der Waals surface area contributed by atoms with E-state index in [1.54, 1.807) is 54.7 Å². The first kappa shape index (κ1) is 30.6. The number of rotatable bonds is 3. The van der Waals surface area contributed by atoms with Crippen molar-refractivity contribution in [3.63, 3.8) is 0 Å². The summed E-state index contributed by atoms with van der Waals surface area (Å²) in [6, 6.07) is 18.0. The number of benzene rings is 5. The molecule has 5 aromatic carbocycles. The molecule has 1 unspecified atom stereocenters. The van der Waals surface area contributed by atoms with Crippen LogP contribution in [0.25, 0.3) is 44.5 Å². The molecule has 48 heavy (non-hydrogen) atoms. The van der Waals surface area contributed by atoms with E-state index in [4.69, 9.17) is 0 Å². The minimum Gasteiger partial charge on any atom is -0.312 e. The fourth-order valence-electron chi connectivity index (χ4n) is 6.44. The molecule has 0 bridgehead atoms. The van der Waals surface area contributed by atoms with Crippen LogP contribution in [0.1, 0.15) is 39.4 Å². The first-order valence-electron chi connectivity index (χ1n) is 14.1. The minimum absolute atomic E-state index is 0.104. The Bertz CT molecular complexity index is 2310. The molecule has 2 aliphatic carbocycles. The summed E-state index contributed by atoms with van der Waals surface area (Å²) in [5.41, 5.74) is 3.15. The van der Waals surface area contributed by atoms with Gasteiger partial charge in [0, 0.05) is 11.1 Å². The molecule has 0 spiro atoms. The average Bonchev–Trinajstić information content (AvgIpc) is 3.50. The van der Waals surface area contributed by atoms with Gasteiger partial charge < -0.3 is 5.32 Å². The summed E-state index contributed by atoms with van der Waals surface area (Å²) < 4.78 is 108. The maximum atomic E-state index is 14.0. The van der Waals surface area contributed by atoms with E-state index in [1.165, 1.54) is 12.1 Å². The van der Waals surface area contributed by atoms with E-state index in [2.05, 4.69) is 10.3 Å². The summed E-state index contributed by atoms with van der Waals surface area (Å²) in [6.07, 6.45) is -6.10. The van der Waals surface area contributed by atoms with Crippen LogP contribution < -0.4 is 5.32 Å². The Hall–Kier alpha value is -6.01. The molecule has 0 saturated carbocycles. The third kappa shape index (κ3) is 4.85. The molecular weight excluding hydrogens is 640 g/mol. The van der Waals surface area contributed by atoms with Gasteiger partial charge in [0.25, 0.3) is 0 Å². The first-order valence-corrected chi connectivity index (χ1v) is 14.1. The lowest BCUT2D eigenvalue weighted by Gasteiger charge is -2.14. The van der Waals surface area contributed by atoms with Gasteiger partial charge in [0.15, 0.2) is 6.19 Å². The van der Waals surface area contributed by atoms with Gasteiger partial charge in [-0.1, -0.05) is 36.4 Å². The highest BCUT2D eigenvalue weighted by atomic mass is 19.4. The Morgan fingerprint density at radius 3 is 1.60 bits per heavy atom. The van der Waals surface area contributed by atoms with Crippen LogP contribution in [0.4, 0.5) is 35.1 Å². The van der Waals surface area contributed by atoms with Crippen LogP contribution in [0.2, 0.25) is 0 Å². The SMILES string of the molecule is N#CN=C1c2cc(-c3ccc(F)c(C(F)(F)F)c3)ccc2-c2cc3c(cc21)-c1ccc(-c2ccc(F)c(C(F)(F)F)c2)cc1C3NC#N. The van der Waals surface area contributed by atoms with Crippen LogP contribution in [0.3, 0.4) is 0 Å². The van der Waals surface area contributed by atoms with Crippen LogP contribution in [0, 0.1) is 34.5 Å². The number of nitrogens with one attached hydrogen (secondary N) is 1. The van der Waals surface area contributed by atoms with E-state index >= 15 is 0 Å². The molecule has 0 aliphatic heterocycles. The summed E-state index contributed by atoms with van der Waals surface area (Å²) in [5.74, 6) is -2.80. The number of nitriles is 2. The van der Waals surface area contributed by atoms with Crippen molar-refractivity contribution in [3.8, 4) is 56.9 Å². The van der Waals surface area contributed by atoms with Crippen LogP contribution in [0.15, 0.2) is 89.9 Å². The zero-order chi connectivity index (χ0) is 34.1. The Balaban J connectivity index is 1.34. The van der Waals surface area contributed by atoms with E-state index < -0.39 is 41.2 Å². The molecule has 1 N–H and O–H groups in total. The lowest BCUT2D eigenvalue weighted by molar-refractivity contribution is -0.140. The van der Waals surface area contributed by atoms with Crippen molar-refractivity contribution in [2.24, 2.45) is 4.99 Å². The smallest absolute Gasteiger partial charge is 0.312 e. The predicted octanol–water partition coefficient (Wildman–Crippen LogP) is 9.78. The third-order valence-electron chi connectivity index (χ3n) is 8.55. The van der Waals surface area contributed by atoms with E-state index in [0.717, 1.165) is 18.2 Å². The van der Waals surface area contributed by atoms with Gasteiger partial charge in [0.1, 0.15) is 11.6 Å². The van der Waals surface area contributed by atoms with Gasteiger partial charge in [0.2, 0.25) is 6.19 Å². The van der Waals surface area contributed by atoms with Crippen LogP contribution >= 0.6 is 0 Å². The summed E-state index contributed by atoms with van der Waals surface area (Å²) >= 11 is 0. The molecule has 1 atom stereocenters. The van der Waals surface area contributed by atoms with Crippen molar-refractivity contribution < 1.29 is 35.1 Å². The molecule has 12 heteroatoms. The highest BCUT2D eigenvalue weighted by Gasteiger charge is 2.37. The molecule has 0 radical (unpaired) electrons. The molecule has 7 rings (SSSR count). The monoisotopic (exact) mass is 656 g/mol. The van der Waals surface area contributed by atoms with Crippen molar-refractivity contribution in [3.05, 3.63) is 130 Å². The number of fused-ring (bicyclic) bond motifs is 6. The number of nitrogens with zero attached hydrogens (tertiary/aromatic N) is 3. The van der Waals surface area contributed by atoms with Crippen molar-refractivity contribution in [1.82, 2.24) is 5.32 Å². The Labute approximate surface area is 266 Å². The molecule has 236 valence electrons. The zero-order valence-corrected chi connectivity index (χ0v) is 24.0. The highest BCUT2D eigenvalue weighted by molar-refractivity contribution is 6.26. The number of halogens is 8. The van der Waals surface area contributed by atoms with Gasteiger partial charge in [0.05, 0.1) is 22.9 Å². The molecule has 4 nitrogen and oxygen atoms in total. The van der Waals surface area contributed by atoms with Crippen LogP contribution in [-0.4, -0.2) is 5.71 Å². The van der Waals surface area contributed by atoms with Gasteiger partial charge in [-0.25, -0.2) is 8.78 Å². The second-order valence-electron chi connectivity index (χ2n) is 11.2. The van der Waals surface area contributed by atoms with Crippen LogP contribution in [-0.2, 0) is 12.4 Å². The van der Waals surface area contributed by atoms with Crippen LogP contribution in [0.5, 0.6) is 0 Å². The quantitative estimate of drug-likeness (QED) is 0.117.